The average Bonchev–Trinajstić information content (AvgIpc) is 3.35. The number of aryl methyl sites for hydroxylation is 1. The molecule has 8 heteroatoms. The highest BCUT2D eigenvalue weighted by Crippen LogP contribution is 2.42. The number of hydrogen-bond donors (Lipinski definition) is 1. The summed E-state index contributed by atoms with van der Waals surface area (Å²) < 4.78 is 15.9. The lowest BCUT2D eigenvalue weighted by molar-refractivity contribution is 0.0940. The van der Waals surface area contributed by atoms with E-state index in [1.54, 1.807) is 23.0 Å². The summed E-state index contributed by atoms with van der Waals surface area (Å²) in [5, 5.41) is 7.29. The first-order chi connectivity index (χ1) is 14.5. The van der Waals surface area contributed by atoms with Crippen molar-refractivity contribution in [2.24, 2.45) is 5.92 Å². The molecule has 7 nitrogen and oxygen atoms in total. The summed E-state index contributed by atoms with van der Waals surface area (Å²) in [5.74, 6) is 0.331. The van der Waals surface area contributed by atoms with E-state index in [-0.39, 0.29) is 29.7 Å². The van der Waals surface area contributed by atoms with Crippen LogP contribution < -0.4 is 10.2 Å². The third-order valence-corrected chi connectivity index (χ3v) is 6.12. The summed E-state index contributed by atoms with van der Waals surface area (Å²) in [7, 11) is 0. The first-order valence-electron chi connectivity index (χ1n) is 10.2. The van der Waals surface area contributed by atoms with Gasteiger partial charge in [0.15, 0.2) is 5.65 Å². The number of nitrogens with one attached hydrogen (secondary N) is 1. The van der Waals surface area contributed by atoms with Gasteiger partial charge in [-0.25, -0.2) is 13.9 Å². The number of aromatic nitrogens is 4. The predicted molar refractivity (Wildman–Crippen MR) is 111 cm³/mol. The number of hydrogen-bond acceptors (Lipinski definition) is 5. The number of fused-ring (bicyclic) bond motifs is 5. The fourth-order valence-electron chi connectivity index (χ4n) is 4.57. The van der Waals surface area contributed by atoms with E-state index in [0.29, 0.717) is 24.1 Å². The molecule has 0 aliphatic carbocycles. The molecule has 2 aliphatic heterocycles. The Balaban J connectivity index is 1.72. The van der Waals surface area contributed by atoms with Gasteiger partial charge in [0.25, 0.3) is 5.91 Å². The van der Waals surface area contributed by atoms with Crippen LogP contribution in [0.2, 0.25) is 0 Å². The smallest absolute Gasteiger partial charge is 0.256 e. The van der Waals surface area contributed by atoms with Crippen LogP contribution in [0.15, 0.2) is 43.4 Å². The summed E-state index contributed by atoms with van der Waals surface area (Å²) in [6.45, 7) is 6.73. The molecule has 0 unspecified atom stereocenters. The molecule has 0 aromatic carbocycles. The fraction of sp³-hybridized carbons (Fsp3) is 0.364. The average molecular weight is 406 g/mol. The third-order valence-electron chi connectivity index (χ3n) is 6.12. The number of pyridine rings is 1. The topological polar surface area (TPSA) is 75.4 Å². The van der Waals surface area contributed by atoms with Crippen LogP contribution in [0.4, 0.5) is 10.2 Å². The zero-order chi connectivity index (χ0) is 20.8. The van der Waals surface area contributed by atoms with Gasteiger partial charge in [0.2, 0.25) is 0 Å². The van der Waals surface area contributed by atoms with E-state index >= 15 is 0 Å². The van der Waals surface area contributed by atoms with Gasteiger partial charge in [-0.05, 0) is 43.9 Å². The molecule has 5 heterocycles. The normalized spacial score (nSPS) is 23.9. The molecule has 0 saturated carbocycles. The lowest BCUT2D eigenvalue weighted by Crippen LogP contribution is -2.33. The van der Waals surface area contributed by atoms with E-state index in [1.807, 2.05) is 19.1 Å². The quantitative estimate of drug-likeness (QED) is 0.629. The molecule has 1 fully saturated rings. The molecule has 0 spiro atoms. The highest BCUT2D eigenvalue weighted by atomic mass is 19.1. The number of carbonyl (C=O) groups excluding carboxylic acids is 1. The number of nitrogens with zero attached hydrogens (tertiary/aromatic N) is 5. The van der Waals surface area contributed by atoms with E-state index in [1.165, 1.54) is 6.20 Å². The molecule has 0 radical (unpaired) electrons. The number of carbonyl (C=O) groups is 1. The van der Waals surface area contributed by atoms with Crippen molar-refractivity contribution in [2.75, 3.05) is 11.4 Å². The molecule has 154 valence electrons. The van der Waals surface area contributed by atoms with Crippen LogP contribution in [0.3, 0.4) is 0 Å². The molecule has 30 heavy (non-hydrogen) atoms. The van der Waals surface area contributed by atoms with Crippen LogP contribution in [-0.2, 0) is 6.42 Å². The maximum atomic E-state index is 14.3. The molecule has 3 aromatic heterocycles. The van der Waals surface area contributed by atoms with Crippen molar-refractivity contribution in [1.82, 2.24) is 24.9 Å². The zero-order valence-electron chi connectivity index (χ0n) is 16.8. The van der Waals surface area contributed by atoms with Crippen molar-refractivity contribution in [3.63, 3.8) is 0 Å². The largest absolute Gasteiger partial charge is 0.349 e. The standard InChI is InChI=1S/C22H23FN6O/c1-3-14-6-8-28-19-7-9-29-21(27-19)17(12-25-29)22(30)26-13(2)4-5-18-16(20(14)28)10-15(23)11-24-18/h3,7,9-14,20H,1,4-6,8H2,2H3,(H,26,30)/t13-,14+,20+/m1/s1. The Bertz CT molecular complexity index is 1140. The van der Waals surface area contributed by atoms with Gasteiger partial charge in [0.1, 0.15) is 17.2 Å². The molecule has 1 N–H and O–H groups in total. The van der Waals surface area contributed by atoms with Crippen LogP contribution in [0.25, 0.3) is 5.65 Å². The lowest BCUT2D eigenvalue weighted by atomic mass is 9.91. The van der Waals surface area contributed by atoms with Crippen LogP contribution in [0.1, 0.15) is 47.4 Å². The van der Waals surface area contributed by atoms with Gasteiger partial charge in [0, 0.05) is 30.4 Å². The Labute approximate surface area is 173 Å². The highest BCUT2D eigenvalue weighted by Gasteiger charge is 2.37. The number of amides is 1. The summed E-state index contributed by atoms with van der Waals surface area (Å²) in [6.07, 6.45) is 8.78. The Kier molecular flexibility index (Phi) is 4.49. The molecule has 2 aliphatic rings. The van der Waals surface area contributed by atoms with Gasteiger partial charge in [-0.1, -0.05) is 6.08 Å². The summed E-state index contributed by atoms with van der Waals surface area (Å²) in [6, 6.07) is 3.29. The first kappa shape index (κ1) is 18.7. The van der Waals surface area contributed by atoms with Crippen molar-refractivity contribution < 1.29 is 9.18 Å². The van der Waals surface area contributed by atoms with E-state index in [0.717, 1.165) is 30.0 Å². The first-order valence-corrected chi connectivity index (χ1v) is 10.2. The third kappa shape index (κ3) is 3.03. The number of rotatable bonds is 1. The van der Waals surface area contributed by atoms with Crippen molar-refractivity contribution in [3.8, 4) is 0 Å². The molecule has 2 bridgehead atoms. The molecule has 1 saturated heterocycles. The monoisotopic (exact) mass is 406 g/mol. The summed E-state index contributed by atoms with van der Waals surface area (Å²) in [4.78, 5) is 24.2. The Morgan fingerprint density at radius 2 is 2.20 bits per heavy atom. The SMILES string of the molecule is C=C[C@H]1CCN2c3ccn4ncc(c4n3)C(=O)N[C@H](C)CCc3ncc(F)cc3[C@H]12. The second kappa shape index (κ2) is 7.19. The maximum absolute atomic E-state index is 14.3. The summed E-state index contributed by atoms with van der Waals surface area (Å²) >= 11 is 0. The second-order valence-electron chi connectivity index (χ2n) is 8.04. The Morgan fingerprint density at radius 3 is 3.03 bits per heavy atom. The van der Waals surface area contributed by atoms with Crippen LogP contribution in [0.5, 0.6) is 0 Å². The minimum atomic E-state index is -0.351. The van der Waals surface area contributed by atoms with E-state index in [4.69, 9.17) is 4.98 Å². The Hall–Kier alpha value is -3.29. The molecule has 1 amide bonds. The van der Waals surface area contributed by atoms with E-state index in [9.17, 15) is 9.18 Å². The molecule has 5 rings (SSSR count). The molecular formula is C22H23FN6O. The van der Waals surface area contributed by atoms with Crippen LogP contribution in [0, 0.1) is 11.7 Å². The number of halogens is 1. The number of anilines is 1. The molecular weight excluding hydrogens is 383 g/mol. The van der Waals surface area contributed by atoms with Crippen molar-refractivity contribution >= 4 is 17.4 Å². The predicted octanol–water partition coefficient (Wildman–Crippen LogP) is 3.08. The van der Waals surface area contributed by atoms with E-state index in [2.05, 4.69) is 26.9 Å². The Morgan fingerprint density at radius 1 is 1.33 bits per heavy atom. The van der Waals surface area contributed by atoms with Gasteiger partial charge in [-0.3, -0.25) is 9.78 Å². The molecule has 3 atom stereocenters. The van der Waals surface area contributed by atoms with Crippen LogP contribution >= 0.6 is 0 Å². The van der Waals surface area contributed by atoms with E-state index < -0.39 is 0 Å². The van der Waals surface area contributed by atoms with Crippen molar-refractivity contribution in [2.45, 2.75) is 38.3 Å². The molecule has 3 aromatic rings. The maximum Gasteiger partial charge on any atom is 0.256 e. The fourth-order valence-corrected chi connectivity index (χ4v) is 4.57. The highest BCUT2D eigenvalue weighted by molar-refractivity contribution is 5.99. The lowest BCUT2D eigenvalue weighted by Gasteiger charge is -2.30. The van der Waals surface area contributed by atoms with Crippen LogP contribution in [-0.4, -0.2) is 38.1 Å². The van der Waals surface area contributed by atoms with Gasteiger partial charge in [-0.15, -0.1) is 6.58 Å². The minimum Gasteiger partial charge on any atom is -0.349 e. The summed E-state index contributed by atoms with van der Waals surface area (Å²) in [5.41, 5.74) is 2.67. The van der Waals surface area contributed by atoms with Gasteiger partial charge in [-0.2, -0.15) is 5.10 Å². The van der Waals surface area contributed by atoms with Crippen molar-refractivity contribution in [1.29, 1.82) is 0 Å². The van der Waals surface area contributed by atoms with Gasteiger partial charge < -0.3 is 10.2 Å². The van der Waals surface area contributed by atoms with Gasteiger partial charge >= 0.3 is 0 Å². The zero-order valence-corrected chi connectivity index (χ0v) is 16.8. The minimum absolute atomic E-state index is 0.0778. The van der Waals surface area contributed by atoms with Crippen molar-refractivity contribution in [3.05, 3.63) is 66.0 Å². The van der Waals surface area contributed by atoms with Gasteiger partial charge in [0.05, 0.1) is 18.4 Å². The second-order valence-corrected chi connectivity index (χ2v) is 8.04.